The molecular weight excluding hydrogens is 917 g/mol. The molecule has 10 aliphatic carbocycles. The third-order valence-electron chi connectivity index (χ3n) is 27.7. The van der Waals surface area contributed by atoms with Crippen molar-refractivity contribution in [2.75, 3.05) is 13.1 Å². The Hall–Kier alpha value is -1.74. The summed E-state index contributed by atoms with van der Waals surface area (Å²) in [5.41, 5.74) is 2.12. The smallest absolute Gasteiger partial charge is 0.226 e. The molecule has 8 heteroatoms. The van der Waals surface area contributed by atoms with Crippen molar-refractivity contribution >= 4 is 11.8 Å². The van der Waals surface area contributed by atoms with Gasteiger partial charge in [-0.15, -0.1) is 0 Å². The lowest BCUT2D eigenvalue weighted by atomic mass is 9.33. The fraction of sp³-hybridized carbons (Fsp3) is 0.909. The van der Waals surface area contributed by atoms with Gasteiger partial charge >= 0.3 is 0 Å². The summed E-state index contributed by atoms with van der Waals surface area (Å²) >= 11 is 0. The lowest BCUT2D eigenvalue weighted by molar-refractivity contribution is -0.231. The summed E-state index contributed by atoms with van der Waals surface area (Å²) in [6.45, 7) is 35.0. The summed E-state index contributed by atoms with van der Waals surface area (Å²) in [6.07, 6.45) is 24.3. The maximum atomic E-state index is 14.9. The van der Waals surface area contributed by atoms with Crippen molar-refractivity contribution in [1.82, 2.24) is 10.6 Å². The Labute approximate surface area is 450 Å². The van der Waals surface area contributed by atoms with Crippen LogP contribution in [-0.2, 0) is 9.59 Å². The van der Waals surface area contributed by atoms with Gasteiger partial charge < -0.3 is 31.1 Å². The number of carbonyl (C=O) groups is 2. The first-order chi connectivity index (χ1) is 34.3. The van der Waals surface area contributed by atoms with Crippen LogP contribution in [0.4, 0.5) is 0 Å². The number of carbonyl (C=O) groups excluding carboxylic acids is 2. The van der Waals surface area contributed by atoms with E-state index in [0.29, 0.717) is 49.6 Å². The van der Waals surface area contributed by atoms with Gasteiger partial charge in [0, 0.05) is 13.1 Å². The summed E-state index contributed by atoms with van der Waals surface area (Å²) in [4.78, 5) is 29.7. The Morgan fingerprint density at radius 2 is 0.811 bits per heavy atom. The third kappa shape index (κ3) is 7.70. The summed E-state index contributed by atoms with van der Waals surface area (Å²) in [5.74, 6) is 2.64. The van der Waals surface area contributed by atoms with Crippen molar-refractivity contribution in [3.8, 4) is 0 Å². The zero-order chi connectivity index (χ0) is 53.9. The van der Waals surface area contributed by atoms with Gasteiger partial charge in [-0.05, 0) is 218 Å². The molecule has 8 nitrogen and oxygen atoms in total. The van der Waals surface area contributed by atoms with E-state index in [1.807, 2.05) is 0 Å². The van der Waals surface area contributed by atoms with Gasteiger partial charge in [0.05, 0.1) is 35.2 Å². The number of unbranched alkanes of at least 4 members (excludes halogenated alkanes) is 3. The van der Waals surface area contributed by atoms with E-state index in [2.05, 4.69) is 120 Å². The predicted octanol–water partition coefficient (Wildman–Crippen LogP) is 13.0. The molecule has 74 heavy (non-hydrogen) atoms. The molecule has 0 aliphatic heterocycles. The van der Waals surface area contributed by atoms with Gasteiger partial charge in [0.25, 0.3) is 0 Å². The van der Waals surface area contributed by atoms with Gasteiger partial charge in [-0.25, -0.2) is 0 Å². The second-order valence-electron chi connectivity index (χ2n) is 32.7. The van der Waals surface area contributed by atoms with Crippen LogP contribution < -0.4 is 10.6 Å². The maximum absolute atomic E-state index is 14.9. The van der Waals surface area contributed by atoms with E-state index in [0.717, 1.165) is 128 Å². The summed E-state index contributed by atoms with van der Waals surface area (Å²) < 4.78 is 0. The molecule has 6 N–H and O–H groups in total. The molecule has 10 aliphatic rings. The lowest BCUT2D eigenvalue weighted by Gasteiger charge is -2.71. The number of aliphatic hydroxyl groups is 4. The number of amides is 2. The second kappa shape index (κ2) is 17.9. The molecule has 0 spiro atoms. The van der Waals surface area contributed by atoms with Crippen LogP contribution in [0.25, 0.3) is 0 Å². The molecule has 0 heterocycles. The SMILES string of the molecule is CC1(C)CC[C@]2(C(=O)NCCCCCCNC(=O)[C@]34CCC(C)(C)C[C@H]3C3=CC[C@@H]5[C@@]6(C)C[C@@H](O)[C@H](O)C(C)(C)[C@@H]6CC[C@@]5(C)[C@]3(C)CC4)CC[C@]3(C)C(=CC[C@@H]4[C@@]5(C)C[C@@H](O)[C@H](O)C(C)(C)[C@@H]5CC[C@]43C)[C@@H]2C1. The molecule has 8 saturated carbocycles. The van der Waals surface area contributed by atoms with E-state index in [-0.39, 0.29) is 88.6 Å². The largest absolute Gasteiger partial charge is 0.390 e. The number of hydrogen-bond acceptors (Lipinski definition) is 6. The number of nitrogens with one attached hydrogen (secondary N) is 2. The van der Waals surface area contributed by atoms with Crippen molar-refractivity contribution in [2.45, 2.75) is 263 Å². The van der Waals surface area contributed by atoms with Crippen LogP contribution in [0.2, 0.25) is 0 Å². The predicted molar refractivity (Wildman–Crippen MR) is 297 cm³/mol. The van der Waals surface area contributed by atoms with Crippen LogP contribution in [0, 0.1) is 100 Å². The quantitative estimate of drug-likeness (QED) is 0.100. The Bertz CT molecular complexity index is 2120. The number of rotatable bonds is 9. The number of allylic oxidation sites excluding steroid dienone is 4. The molecule has 0 aromatic rings. The van der Waals surface area contributed by atoms with E-state index in [4.69, 9.17) is 0 Å². The van der Waals surface area contributed by atoms with E-state index in [1.165, 1.54) is 0 Å². The van der Waals surface area contributed by atoms with Gasteiger partial charge in [-0.3, -0.25) is 9.59 Å². The highest BCUT2D eigenvalue weighted by Gasteiger charge is 2.72. The Morgan fingerprint density at radius 3 is 1.18 bits per heavy atom. The van der Waals surface area contributed by atoms with E-state index in [9.17, 15) is 30.0 Å². The molecule has 10 rings (SSSR count). The maximum Gasteiger partial charge on any atom is 0.226 e. The van der Waals surface area contributed by atoms with E-state index in [1.54, 1.807) is 11.1 Å². The van der Waals surface area contributed by atoms with Crippen LogP contribution in [-0.4, -0.2) is 69.7 Å². The minimum Gasteiger partial charge on any atom is -0.390 e. The van der Waals surface area contributed by atoms with Gasteiger partial charge in [0.15, 0.2) is 0 Å². The standard InChI is InChI=1S/C66H108N2O6/c1-55(2)27-31-65(33-29-61(11)41(43(65)37-55)19-21-49-59(9)39-45(69)51(71)57(5,6)47(59)23-25-63(49,61)13)53(73)67-35-17-15-16-18-36-68-54(74)66-32-28-56(3,4)38-44(66)42-20-22-50-60(10)40-46(70)52(72)58(7,8)48(60)24-26-64(50,14)62(42,12)30-34-66/h19-20,43-52,69-72H,15-18,21-40H2,1-14H3,(H,67,73)(H,68,74)/t43-,44-,45+,46+,47-,48-,49+,50+,51-,52-,59-,60-,61+,62+,63+,64+,65-,66-/m0/s1. The molecule has 8 fully saturated rings. The van der Waals surface area contributed by atoms with Crippen LogP contribution >= 0.6 is 0 Å². The monoisotopic (exact) mass is 1020 g/mol. The van der Waals surface area contributed by atoms with Gasteiger partial charge in [-0.2, -0.15) is 0 Å². The molecule has 18 atom stereocenters. The van der Waals surface area contributed by atoms with Crippen LogP contribution in [0.5, 0.6) is 0 Å². The second-order valence-corrected chi connectivity index (χ2v) is 32.7. The molecule has 0 radical (unpaired) electrons. The van der Waals surface area contributed by atoms with Gasteiger partial charge in [0.1, 0.15) is 0 Å². The number of hydrogen-bond donors (Lipinski definition) is 6. The molecule has 0 aromatic heterocycles. The summed E-state index contributed by atoms with van der Waals surface area (Å²) in [7, 11) is 0. The number of aliphatic hydroxyl groups excluding tert-OH is 4. The zero-order valence-electron chi connectivity index (χ0n) is 49.5. The minimum atomic E-state index is -0.695. The molecule has 2 amide bonds. The highest BCUT2D eigenvalue weighted by molar-refractivity contribution is 5.85. The van der Waals surface area contributed by atoms with Crippen molar-refractivity contribution in [3.63, 3.8) is 0 Å². The Morgan fingerprint density at radius 1 is 0.459 bits per heavy atom. The first-order valence-corrected chi connectivity index (χ1v) is 31.0. The highest BCUT2D eigenvalue weighted by atomic mass is 16.3. The molecule has 0 saturated heterocycles. The fourth-order valence-corrected chi connectivity index (χ4v) is 22.9. The topological polar surface area (TPSA) is 139 Å². The Balaban J connectivity index is 0.761. The zero-order valence-corrected chi connectivity index (χ0v) is 49.5. The lowest BCUT2D eigenvalue weighted by Crippen LogP contribution is -2.67. The van der Waals surface area contributed by atoms with Crippen LogP contribution in [0.3, 0.4) is 0 Å². The third-order valence-corrected chi connectivity index (χ3v) is 27.7. The molecular formula is C66H108N2O6. The minimum absolute atomic E-state index is 0.00392. The normalized spacial score (nSPS) is 50.2. The first-order valence-electron chi connectivity index (χ1n) is 31.0. The van der Waals surface area contributed by atoms with Crippen LogP contribution in [0.1, 0.15) is 238 Å². The molecule has 0 unspecified atom stereocenters. The van der Waals surface area contributed by atoms with Crippen molar-refractivity contribution in [3.05, 3.63) is 23.3 Å². The van der Waals surface area contributed by atoms with E-state index >= 15 is 0 Å². The Kier molecular flexibility index (Phi) is 13.4. The van der Waals surface area contributed by atoms with E-state index < -0.39 is 24.4 Å². The molecule has 0 bridgehead atoms. The summed E-state index contributed by atoms with van der Waals surface area (Å²) in [5, 5.41) is 52.2. The van der Waals surface area contributed by atoms with Crippen molar-refractivity contribution in [1.29, 1.82) is 0 Å². The average Bonchev–Trinajstić information content (AvgIpc) is 3.30. The fourth-order valence-electron chi connectivity index (χ4n) is 22.9. The number of fused-ring (bicyclic) bond motifs is 14. The average molecular weight is 1030 g/mol. The van der Waals surface area contributed by atoms with Gasteiger partial charge in [-0.1, -0.05) is 133 Å². The molecule has 418 valence electrons. The molecule has 0 aromatic carbocycles. The van der Waals surface area contributed by atoms with Crippen LogP contribution in [0.15, 0.2) is 23.3 Å². The highest BCUT2D eigenvalue weighted by Crippen LogP contribution is 2.78. The first kappa shape index (κ1) is 55.6. The summed E-state index contributed by atoms with van der Waals surface area (Å²) in [6, 6.07) is 0. The van der Waals surface area contributed by atoms with Crippen molar-refractivity contribution < 1.29 is 30.0 Å². The van der Waals surface area contributed by atoms with Gasteiger partial charge in [0.2, 0.25) is 11.8 Å². The van der Waals surface area contributed by atoms with Crippen molar-refractivity contribution in [2.24, 2.45) is 100 Å².